The molecule has 6 nitrogen and oxygen atoms in total. The number of hydrogen-bond donors (Lipinski definition) is 0. The lowest BCUT2D eigenvalue weighted by molar-refractivity contribution is -0.149. The number of nitrogens with zero attached hydrogens (tertiary/aromatic N) is 2. The van der Waals surface area contributed by atoms with Crippen molar-refractivity contribution in [3.63, 3.8) is 0 Å². The van der Waals surface area contributed by atoms with Crippen LogP contribution in [0.5, 0.6) is 0 Å². The Morgan fingerprint density at radius 2 is 2.04 bits per heavy atom. The highest BCUT2D eigenvalue weighted by atomic mass is 16.5. The predicted octanol–water partition coefficient (Wildman–Crippen LogP) is 1.47. The molecule has 0 aliphatic carbocycles. The fraction of sp³-hybridized carbons (Fsp3) is 0.556. The van der Waals surface area contributed by atoms with E-state index >= 15 is 0 Å². The first-order valence-electron chi connectivity index (χ1n) is 8.31. The molecule has 0 radical (unpaired) electrons. The first-order valence-corrected chi connectivity index (χ1v) is 8.31. The Hall–Kier alpha value is -1.92. The monoisotopic (exact) mass is 334 g/mol. The third-order valence-electron chi connectivity index (χ3n) is 4.17. The molecule has 2 unspecified atom stereocenters. The van der Waals surface area contributed by atoms with Crippen LogP contribution in [-0.4, -0.2) is 67.6 Å². The van der Waals surface area contributed by atoms with Crippen LogP contribution in [0.2, 0.25) is 0 Å². The second kappa shape index (κ2) is 8.80. The molecule has 6 heteroatoms. The third-order valence-corrected chi connectivity index (χ3v) is 4.17. The first kappa shape index (κ1) is 18.4. The van der Waals surface area contributed by atoms with Gasteiger partial charge in [0.05, 0.1) is 25.9 Å². The van der Waals surface area contributed by atoms with E-state index in [1.54, 1.807) is 14.0 Å². The Labute approximate surface area is 143 Å². The van der Waals surface area contributed by atoms with Gasteiger partial charge in [0.15, 0.2) is 0 Å². The van der Waals surface area contributed by atoms with Gasteiger partial charge in [0.2, 0.25) is 5.91 Å². The lowest BCUT2D eigenvalue weighted by atomic mass is 10.1. The van der Waals surface area contributed by atoms with E-state index in [0.29, 0.717) is 19.8 Å². The number of hydrogen-bond acceptors (Lipinski definition) is 5. The number of morpholine rings is 1. The number of esters is 1. The predicted molar refractivity (Wildman–Crippen MR) is 90.4 cm³/mol. The highest BCUT2D eigenvalue weighted by Crippen LogP contribution is 2.24. The lowest BCUT2D eigenvalue weighted by Gasteiger charge is -2.38. The maximum absolute atomic E-state index is 12.4. The molecule has 132 valence electrons. The summed E-state index contributed by atoms with van der Waals surface area (Å²) in [6.45, 7) is 5.59. The van der Waals surface area contributed by atoms with E-state index in [2.05, 4.69) is 4.90 Å². The molecule has 1 fully saturated rings. The van der Waals surface area contributed by atoms with Gasteiger partial charge < -0.3 is 14.4 Å². The molecule has 0 bridgehead atoms. The topological polar surface area (TPSA) is 59.1 Å². The number of benzene rings is 1. The van der Waals surface area contributed by atoms with E-state index in [0.717, 1.165) is 5.56 Å². The minimum absolute atomic E-state index is 0.0203. The van der Waals surface area contributed by atoms with Crippen molar-refractivity contribution in [3.05, 3.63) is 35.9 Å². The number of ether oxygens (including phenoxy) is 2. The summed E-state index contributed by atoms with van der Waals surface area (Å²) in [5.74, 6) is -0.478. The highest BCUT2D eigenvalue weighted by molar-refractivity contribution is 5.83. The largest absolute Gasteiger partial charge is 0.465 e. The standard InChI is InChI=1S/C18H26N2O4/c1-4-23-18(22)12-19(3)17(21)11-20-10-16(24-13-14(20)2)15-8-6-5-7-9-15/h5-9,14,16H,4,10-13H2,1-3H3. The summed E-state index contributed by atoms with van der Waals surface area (Å²) in [4.78, 5) is 27.4. The van der Waals surface area contributed by atoms with E-state index in [1.807, 2.05) is 37.3 Å². The van der Waals surface area contributed by atoms with Crippen molar-refractivity contribution in [2.75, 3.05) is 39.9 Å². The minimum Gasteiger partial charge on any atom is -0.465 e. The van der Waals surface area contributed by atoms with Crippen molar-refractivity contribution in [1.29, 1.82) is 0 Å². The Bertz CT molecular complexity index is 549. The number of likely N-dealkylation sites (N-methyl/N-ethyl adjacent to an activating group) is 1. The van der Waals surface area contributed by atoms with Gasteiger partial charge in [-0.15, -0.1) is 0 Å². The van der Waals surface area contributed by atoms with Crippen molar-refractivity contribution in [1.82, 2.24) is 9.80 Å². The maximum atomic E-state index is 12.4. The second-order valence-electron chi connectivity index (χ2n) is 6.07. The Morgan fingerprint density at radius 3 is 2.71 bits per heavy atom. The van der Waals surface area contributed by atoms with Gasteiger partial charge in [-0.1, -0.05) is 30.3 Å². The van der Waals surface area contributed by atoms with Gasteiger partial charge >= 0.3 is 5.97 Å². The zero-order valence-corrected chi connectivity index (χ0v) is 14.6. The van der Waals surface area contributed by atoms with Gasteiger partial charge in [0.1, 0.15) is 6.54 Å². The van der Waals surface area contributed by atoms with E-state index in [4.69, 9.17) is 9.47 Å². The summed E-state index contributed by atoms with van der Waals surface area (Å²) in [5.41, 5.74) is 1.11. The van der Waals surface area contributed by atoms with Gasteiger partial charge in [-0.2, -0.15) is 0 Å². The molecule has 2 atom stereocenters. The number of carbonyl (C=O) groups excluding carboxylic acids is 2. The van der Waals surface area contributed by atoms with Gasteiger partial charge in [-0.25, -0.2) is 0 Å². The summed E-state index contributed by atoms with van der Waals surface area (Å²) in [5, 5.41) is 0. The fourth-order valence-corrected chi connectivity index (χ4v) is 2.68. The van der Waals surface area contributed by atoms with E-state index in [-0.39, 0.29) is 37.1 Å². The number of rotatable bonds is 6. The van der Waals surface area contributed by atoms with Crippen LogP contribution in [-0.2, 0) is 19.1 Å². The van der Waals surface area contributed by atoms with Crippen LogP contribution in [0.15, 0.2) is 30.3 Å². The number of amides is 1. The van der Waals surface area contributed by atoms with Crippen LogP contribution in [0.3, 0.4) is 0 Å². The molecule has 1 aromatic carbocycles. The van der Waals surface area contributed by atoms with Gasteiger partial charge in [-0.05, 0) is 19.4 Å². The van der Waals surface area contributed by atoms with Crippen molar-refractivity contribution in [2.45, 2.75) is 26.0 Å². The molecule has 1 aliphatic rings. The summed E-state index contributed by atoms with van der Waals surface area (Å²) in [6.07, 6.45) is -0.0365. The molecular formula is C18H26N2O4. The molecule has 24 heavy (non-hydrogen) atoms. The van der Waals surface area contributed by atoms with Gasteiger partial charge in [0.25, 0.3) is 0 Å². The van der Waals surface area contributed by atoms with E-state index in [9.17, 15) is 9.59 Å². The fourth-order valence-electron chi connectivity index (χ4n) is 2.68. The van der Waals surface area contributed by atoms with Crippen LogP contribution in [0.4, 0.5) is 0 Å². The average molecular weight is 334 g/mol. The average Bonchev–Trinajstić information content (AvgIpc) is 2.57. The Morgan fingerprint density at radius 1 is 1.33 bits per heavy atom. The lowest BCUT2D eigenvalue weighted by Crippen LogP contribution is -2.50. The number of carbonyl (C=O) groups is 2. The molecule has 1 aromatic rings. The molecule has 1 aliphatic heterocycles. The summed E-state index contributed by atoms with van der Waals surface area (Å²) in [7, 11) is 1.62. The van der Waals surface area contributed by atoms with Crippen molar-refractivity contribution < 1.29 is 19.1 Å². The van der Waals surface area contributed by atoms with Crippen molar-refractivity contribution in [2.24, 2.45) is 0 Å². The van der Waals surface area contributed by atoms with Crippen LogP contribution < -0.4 is 0 Å². The smallest absolute Gasteiger partial charge is 0.325 e. The molecule has 1 saturated heterocycles. The van der Waals surface area contributed by atoms with Crippen LogP contribution >= 0.6 is 0 Å². The highest BCUT2D eigenvalue weighted by Gasteiger charge is 2.29. The molecule has 2 rings (SSSR count). The summed E-state index contributed by atoms with van der Waals surface area (Å²) in [6, 6.07) is 10.2. The molecule has 0 N–H and O–H groups in total. The quantitative estimate of drug-likeness (QED) is 0.738. The molecular weight excluding hydrogens is 308 g/mol. The van der Waals surface area contributed by atoms with Crippen LogP contribution in [0.1, 0.15) is 25.5 Å². The van der Waals surface area contributed by atoms with Gasteiger partial charge in [0, 0.05) is 19.6 Å². The molecule has 0 saturated carbocycles. The first-order chi connectivity index (χ1) is 11.5. The van der Waals surface area contributed by atoms with Gasteiger partial charge in [-0.3, -0.25) is 14.5 Å². The summed E-state index contributed by atoms with van der Waals surface area (Å²) >= 11 is 0. The third kappa shape index (κ3) is 5.04. The normalized spacial score (nSPS) is 21.3. The molecule has 1 amide bonds. The van der Waals surface area contributed by atoms with E-state index < -0.39 is 0 Å². The second-order valence-corrected chi connectivity index (χ2v) is 6.07. The molecule has 0 aromatic heterocycles. The Kier molecular flexibility index (Phi) is 6.75. The van der Waals surface area contributed by atoms with Crippen LogP contribution in [0, 0.1) is 0 Å². The van der Waals surface area contributed by atoms with E-state index in [1.165, 1.54) is 4.90 Å². The zero-order chi connectivity index (χ0) is 17.5. The maximum Gasteiger partial charge on any atom is 0.325 e. The zero-order valence-electron chi connectivity index (χ0n) is 14.6. The Balaban J connectivity index is 1.92. The molecule has 0 spiro atoms. The van der Waals surface area contributed by atoms with Crippen LogP contribution in [0.25, 0.3) is 0 Å². The summed E-state index contributed by atoms with van der Waals surface area (Å²) < 4.78 is 10.8. The molecule has 1 heterocycles. The minimum atomic E-state index is -0.384. The van der Waals surface area contributed by atoms with Crippen molar-refractivity contribution >= 4 is 11.9 Å². The van der Waals surface area contributed by atoms with Crippen molar-refractivity contribution in [3.8, 4) is 0 Å². The SMILES string of the molecule is CCOC(=O)CN(C)C(=O)CN1CC(c2ccccc2)OCC1C.